The van der Waals surface area contributed by atoms with Crippen molar-refractivity contribution in [2.24, 2.45) is 0 Å². The first-order valence-corrected chi connectivity index (χ1v) is 6.82. The summed E-state index contributed by atoms with van der Waals surface area (Å²) < 4.78 is 0. The molecule has 3 aromatic rings. The van der Waals surface area contributed by atoms with Crippen LogP contribution in [0.5, 0.6) is 0 Å². The molecule has 0 heterocycles. The van der Waals surface area contributed by atoms with Gasteiger partial charge in [0.1, 0.15) is 0 Å². The van der Waals surface area contributed by atoms with Crippen molar-refractivity contribution in [1.82, 2.24) is 5.43 Å². The van der Waals surface area contributed by atoms with E-state index in [2.05, 4.69) is 5.43 Å². The second-order valence-corrected chi connectivity index (χ2v) is 4.90. The lowest BCUT2D eigenvalue weighted by atomic mass is 10.1. The van der Waals surface area contributed by atoms with E-state index in [1.54, 1.807) is 5.01 Å². The summed E-state index contributed by atoms with van der Waals surface area (Å²) in [7, 11) is 1.83. The normalized spacial score (nSPS) is 10.3. The van der Waals surface area contributed by atoms with Crippen LogP contribution in [-0.4, -0.2) is 13.0 Å². The summed E-state index contributed by atoms with van der Waals surface area (Å²) in [6, 6.07) is 23.4. The van der Waals surface area contributed by atoms with Crippen LogP contribution in [0.1, 0.15) is 10.4 Å². The zero-order valence-corrected chi connectivity index (χ0v) is 11.8. The lowest BCUT2D eigenvalue weighted by Crippen LogP contribution is -2.39. The highest BCUT2D eigenvalue weighted by Gasteiger charge is 2.09. The van der Waals surface area contributed by atoms with Gasteiger partial charge in [0.25, 0.3) is 5.91 Å². The summed E-state index contributed by atoms with van der Waals surface area (Å²) in [4.78, 5) is 12.3. The third-order valence-electron chi connectivity index (χ3n) is 3.42. The summed E-state index contributed by atoms with van der Waals surface area (Å²) in [6.45, 7) is 0. The molecule has 0 bridgehead atoms. The van der Waals surface area contributed by atoms with Gasteiger partial charge in [-0.15, -0.1) is 0 Å². The van der Waals surface area contributed by atoms with Crippen LogP contribution >= 0.6 is 0 Å². The Bertz CT molecular complexity index is 768. The van der Waals surface area contributed by atoms with Gasteiger partial charge in [0, 0.05) is 12.6 Å². The van der Waals surface area contributed by atoms with Gasteiger partial charge in [0.05, 0.1) is 5.69 Å². The molecule has 0 aromatic heterocycles. The molecule has 3 aromatic carbocycles. The molecule has 0 fully saturated rings. The third kappa shape index (κ3) is 2.87. The second kappa shape index (κ2) is 5.67. The molecule has 104 valence electrons. The van der Waals surface area contributed by atoms with Gasteiger partial charge in [-0.25, -0.2) is 0 Å². The van der Waals surface area contributed by atoms with Crippen molar-refractivity contribution in [2.45, 2.75) is 0 Å². The average Bonchev–Trinajstić information content (AvgIpc) is 2.55. The number of amides is 1. The summed E-state index contributed by atoms with van der Waals surface area (Å²) in [6.07, 6.45) is 0. The number of carbonyl (C=O) groups excluding carboxylic acids is 1. The molecule has 0 radical (unpaired) electrons. The van der Waals surface area contributed by atoms with Crippen molar-refractivity contribution in [3.8, 4) is 0 Å². The van der Waals surface area contributed by atoms with Crippen LogP contribution in [0.3, 0.4) is 0 Å². The van der Waals surface area contributed by atoms with E-state index in [1.165, 1.54) is 0 Å². The molecule has 0 aliphatic rings. The Morgan fingerprint density at radius 3 is 2.29 bits per heavy atom. The Morgan fingerprint density at radius 2 is 1.52 bits per heavy atom. The minimum atomic E-state index is -0.118. The van der Waals surface area contributed by atoms with Crippen LogP contribution in [0.4, 0.5) is 5.69 Å². The fourth-order valence-corrected chi connectivity index (χ4v) is 2.26. The van der Waals surface area contributed by atoms with E-state index < -0.39 is 0 Å². The molecule has 1 N–H and O–H groups in total. The molecule has 0 aliphatic carbocycles. The van der Waals surface area contributed by atoms with E-state index in [-0.39, 0.29) is 5.91 Å². The van der Waals surface area contributed by atoms with Crippen molar-refractivity contribution < 1.29 is 4.79 Å². The number of fused-ring (bicyclic) bond motifs is 1. The maximum absolute atomic E-state index is 12.3. The van der Waals surface area contributed by atoms with E-state index in [0.29, 0.717) is 5.56 Å². The predicted octanol–water partition coefficient (Wildman–Crippen LogP) is 3.62. The van der Waals surface area contributed by atoms with Gasteiger partial charge in [-0.2, -0.15) is 0 Å². The van der Waals surface area contributed by atoms with E-state index >= 15 is 0 Å². The lowest BCUT2D eigenvalue weighted by Gasteiger charge is -2.20. The number of nitrogens with zero attached hydrogens (tertiary/aromatic N) is 1. The lowest BCUT2D eigenvalue weighted by molar-refractivity contribution is 0.0951. The van der Waals surface area contributed by atoms with Crippen LogP contribution in [0, 0.1) is 0 Å². The molecule has 1 amide bonds. The van der Waals surface area contributed by atoms with Gasteiger partial charge >= 0.3 is 0 Å². The van der Waals surface area contributed by atoms with Crippen molar-refractivity contribution >= 4 is 22.4 Å². The number of benzene rings is 3. The fourth-order valence-electron chi connectivity index (χ4n) is 2.26. The van der Waals surface area contributed by atoms with Crippen molar-refractivity contribution in [1.29, 1.82) is 0 Å². The minimum Gasteiger partial charge on any atom is -0.288 e. The zero-order valence-electron chi connectivity index (χ0n) is 11.8. The molecule has 0 aliphatic heterocycles. The van der Waals surface area contributed by atoms with Gasteiger partial charge in [0.2, 0.25) is 0 Å². The molecule has 0 spiro atoms. The molecule has 0 saturated heterocycles. The SMILES string of the molecule is CN(NC(=O)c1ccc2ccccc2c1)c1ccccc1. The van der Waals surface area contributed by atoms with Crippen molar-refractivity contribution in [3.63, 3.8) is 0 Å². The van der Waals surface area contributed by atoms with Crippen LogP contribution in [-0.2, 0) is 0 Å². The first-order chi connectivity index (χ1) is 10.2. The third-order valence-corrected chi connectivity index (χ3v) is 3.42. The average molecular weight is 276 g/mol. The highest BCUT2D eigenvalue weighted by molar-refractivity contribution is 5.99. The smallest absolute Gasteiger partial charge is 0.269 e. The monoisotopic (exact) mass is 276 g/mol. The van der Waals surface area contributed by atoms with Gasteiger partial charge in [-0.1, -0.05) is 48.5 Å². The maximum Gasteiger partial charge on any atom is 0.269 e. The van der Waals surface area contributed by atoms with E-state index in [4.69, 9.17) is 0 Å². The van der Waals surface area contributed by atoms with Gasteiger partial charge < -0.3 is 0 Å². The second-order valence-electron chi connectivity index (χ2n) is 4.90. The quantitative estimate of drug-likeness (QED) is 0.741. The standard InChI is InChI=1S/C18H16N2O/c1-20(17-9-3-2-4-10-17)19-18(21)16-12-11-14-7-5-6-8-15(14)13-16/h2-13H,1H3,(H,19,21). The highest BCUT2D eigenvalue weighted by Crippen LogP contribution is 2.16. The van der Waals surface area contributed by atoms with Crippen molar-refractivity contribution in [2.75, 3.05) is 12.1 Å². The minimum absolute atomic E-state index is 0.118. The molecule has 3 heteroatoms. The fraction of sp³-hybridized carbons (Fsp3) is 0.0556. The summed E-state index contributed by atoms with van der Waals surface area (Å²) in [5.74, 6) is -0.118. The number of hydrogen-bond acceptors (Lipinski definition) is 2. The molecule has 3 nitrogen and oxygen atoms in total. The molecule has 0 unspecified atom stereocenters. The topological polar surface area (TPSA) is 32.3 Å². The Hall–Kier alpha value is -2.81. The molecule has 0 atom stereocenters. The summed E-state index contributed by atoms with van der Waals surface area (Å²) in [5, 5.41) is 3.91. The maximum atomic E-state index is 12.3. The first kappa shape index (κ1) is 13.2. The Labute approximate surface area is 123 Å². The molecule has 21 heavy (non-hydrogen) atoms. The van der Waals surface area contributed by atoms with E-state index in [0.717, 1.165) is 16.5 Å². The first-order valence-electron chi connectivity index (χ1n) is 6.82. The number of anilines is 1. The van der Waals surface area contributed by atoms with E-state index in [1.807, 2.05) is 79.8 Å². The van der Waals surface area contributed by atoms with Crippen LogP contribution < -0.4 is 10.4 Å². The highest BCUT2D eigenvalue weighted by atomic mass is 16.2. The van der Waals surface area contributed by atoms with Crippen LogP contribution in [0.25, 0.3) is 10.8 Å². The Kier molecular flexibility index (Phi) is 3.56. The molecule has 0 saturated carbocycles. The number of hydrazine groups is 1. The predicted molar refractivity (Wildman–Crippen MR) is 86.3 cm³/mol. The largest absolute Gasteiger partial charge is 0.288 e. The molecule has 3 rings (SSSR count). The van der Waals surface area contributed by atoms with Gasteiger partial charge in [0.15, 0.2) is 0 Å². The number of para-hydroxylation sites is 1. The Morgan fingerprint density at radius 1 is 0.857 bits per heavy atom. The number of hydrogen-bond donors (Lipinski definition) is 1. The number of rotatable bonds is 3. The van der Waals surface area contributed by atoms with E-state index in [9.17, 15) is 4.79 Å². The Balaban J connectivity index is 1.80. The van der Waals surface area contributed by atoms with Crippen LogP contribution in [0.15, 0.2) is 72.8 Å². The number of nitrogens with one attached hydrogen (secondary N) is 1. The summed E-state index contributed by atoms with van der Waals surface area (Å²) >= 11 is 0. The summed E-state index contributed by atoms with van der Waals surface area (Å²) in [5.41, 5.74) is 4.46. The molecular formula is C18H16N2O. The van der Waals surface area contributed by atoms with Gasteiger partial charge in [-0.05, 0) is 35.0 Å². The number of carbonyl (C=O) groups is 1. The molecular weight excluding hydrogens is 260 g/mol. The van der Waals surface area contributed by atoms with Crippen molar-refractivity contribution in [3.05, 3.63) is 78.4 Å². The zero-order chi connectivity index (χ0) is 14.7. The van der Waals surface area contributed by atoms with Gasteiger partial charge in [-0.3, -0.25) is 15.2 Å². The van der Waals surface area contributed by atoms with Crippen LogP contribution in [0.2, 0.25) is 0 Å².